The Bertz CT molecular complexity index is 1020. The number of rotatable bonds is 6. The first-order chi connectivity index (χ1) is 13.5. The highest BCUT2D eigenvalue weighted by Crippen LogP contribution is 2.23. The van der Waals surface area contributed by atoms with Crippen molar-refractivity contribution in [2.45, 2.75) is 6.61 Å². The van der Waals surface area contributed by atoms with Crippen LogP contribution in [0, 0.1) is 0 Å². The third-order valence-corrected chi connectivity index (χ3v) is 4.18. The van der Waals surface area contributed by atoms with Gasteiger partial charge in [-0.2, -0.15) is 5.10 Å². The second-order valence-electron chi connectivity index (χ2n) is 5.68. The van der Waals surface area contributed by atoms with Crippen LogP contribution in [0.5, 0.6) is 0 Å². The first kappa shape index (κ1) is 19.6. The summed E-state index contributed by atoms with van der Waals surface area (Å²) in [7, 11) is 0. The molecule has 0 saturated carbocycles. The maximum atomic E-state index is 12.2. The molecule has 142 valence electrons. The minimum absolute atomic E-state index is 0.0695. The number of ether oxygens (including phenoxy) is 1. The SMILES string of the molecule is NC(=S)NN=Cc1ccc(-c2ccc(C(=O)OCc3ccccc3Cl)cc2)o1. The maximum Gasteiger partial charge on any atom is 0.338 e. The van der Waals surface area contributed by atoms with Crippen molar-refractivity contribution in [3.63, 3.8) is 0 Å². The summed E-state index contributed by atoms with van der Waals surface area (Å²) in [5.74, 6) is 0.734. The summed E-state index contributed by atoms with van der Waals surface area (Å²) in [6.45, 7) is 0.113. The minimum Gasteiger partial charge on any atom is -0.457 e. The van der Waals surface area contributed by atoms with Crippen LogP contribution in [-0.4, -0.2) is 17.3 Å². The molecule has 28 heavy (non-hydrogen) atoms. The maximum absolute atomic E-state index is 12.2. The van der Waals surface area contributed by atoms with Crippen LogP contribution in [0.25, 0.3) is 11.3 Å². The van der Waals surface area contributed by atoms with Gasteiger partial charge in [0.25, 0.3) is 0 Å². The third kappa shape index (κ3) is 5.18. The average molecular weight is 414 g/mol. The molecule has 3 aromatic rings. The number of esters is 1. The predicted molar refractivity (Wildman–Crippen MR) is 112 cm³/mol. The van der Waals surface area contributed by atoms with Gasteiger partial charge < -0.3 is 14.9 Å². The van der Waals surface area contributed by atoms with Crippen LogP contribution in [0.15, 0.2) is 70.2 Å². The number of hydrogen-bond donors (Lipinski definition) is 2. The van der Waals surface area contributed by atoms with Gasteiger partial charge in [0.05, 0.1) is 11.8 Å². The first-order valence-electron chi connectivity index (χ1n) is 8.22. The van der Waals surface area contributed by atoms with E-state index >= 15 is 0 Å². The molecule has 3 rings (SSSR count). The van der Waals surface area contributed by atoms with Crippen LogP contribution < -0.4 is 11.2 Å². The molecule has 0 spiro atoms. The Morgan fingerprint density at radius 2 is 1.93 bits per heavy atom. The van der Waals surface area contributed by atoms with Gasteiger partial charge in [0, 0.05) is 16.1 Å². The summed E-state index contributed by atoms with van der Waals surface area (Å²) < 4.78 is 11.0. The fourth-order valence-electron chi connectivity index (χ4n) is 2.35. The molecule has 0 aliphatic rings. The summed E-state index contributed by atoms with van der Waals surface area (Å²) >= 11 is 10.7. The standard InChI is InChI=1S/C20H16ClN3O3S/c21-17-4-2-1-3-15(17)12-26-19(25)14-7-5-13(6-8-14)18-10-9-16(27-18)11-23-24-20(22)28/h1-11H,12H2,(H3,22,24,28). The van der Waals surface area contributed by atoms with Gasteiger partial charge in [-0.15, -0.1) is 0 Å². The number of carbonyl (C=O) groups excluding carboxylic acids is 1. The lowest BCUT2D eigenvalue weighted by Crippen LogP contribution is -2.23. The van der Waals surface area contributed by atoms with E-state index in [9.17, 15) is 4.79 Å². The van der Waals surface area contributed by atoms with Gasteiger partial charge in [0.1, 0.15) is 18.1 Å². The molecule has 1 heterocycles. The highest BCUT2D eigenvalue weighted by molar-refractivity contribution is 7.80. The Balaban J connectivity index is 1.62. The molecule has 0 aliphatic heterocycles. The molecule has 0 amide bonds. The van der Waals surface area contributed by atoms with E-state index in [0.29, 0.717) is 22.1 Å². The molecule has 0 unspecified atom stereocenters. The van der Waals surface area contributed by atoms with Crippen molar-refractivity contribution in [3.8, 4) is 11.3 Å². The average Bonchev–Trinajstić information content (AvgIpc) is 3.16. The second-order valence-corrected chi connectivity index (χ2v) is 6.53. The van der Waals surface area contributed by atoms with Crippen molar-refractivity contribution >= 4 is 41.1 Å². The number of hydrogen-bond acceptors (Lipinski definition) is 5. The molecule has 0 aliphatic carbocycles. The Morgan fingerprint density at radius 3 is 2.64 bits per heavy atom. The fourth-order valence-corrected chi connectivity index (χ4v) is 2.59. The predicted octanol–water partition coefficient (Wildman–Crippen LogP) is 4.12. The number of thiocarbonyl (C=S) groups is 1. The molecule has 3 N–H and O–H groups in total. The molecule has 0 fully saturated rings. The summed E-state index contributed by atoms with van der Waals surface area (Å²) in [6.07, 6.45) is 1.46. The van der Waals surface area contributed by atoms with E-state index in [0.717, 1.165) is 11.1 Å². The molecule has 6 nitrogen and oxygen atoms in total. The summed E-state index contributed by atoms with van der Waals surface area (Å²) in [4.78, 5) is 12.2. The molecular weight excluding hydrogens is 398 g/mol. The van der Waals surface area contributed by atoms with Crippen LogP contribution in [0.1, 0.15) is 21.7 Å². The van der Waals surface area contributed by atoms with Crippen molar-refractivity contribution in [3.05, 3.63) is 82.6 Å². The van der Waals surface area contributed by atoms with Crippen LogP contribution in [0.4, 0.5) is 0 Å². The normalized spacial score (nSPS) is 10.8. The number of nitrogens with two attached hydrogens (primary N) is 1. The Labute approximate surface area is 171 Å². The van der Waals surface area contributed by atoms with Gasteiger partial charge in [-0.25, -0.2) is 4.79 Å². The zero-order valence-electron chi connectivity index (χ0n) is 14.6. The largest absolute Gasteiger partial charge is 0.457 e. The van der Waals surface area contributed by atoms with Crippen LogP contribution in [0.3, 0.4) is 0 Å². The highest BCUT2D eigenvalue weighted by atomic mass is 35.5. The van der Waals surface area contributed by atoms with Gasteiger partial charge in [-0.05, 0) is 42.5 Å². The molecule has 0 saturated heterocycles. The fraction of sp³-hybridized carbons (Fsp3) is 0.0500. The van der Waals surface area contributed by atoms with E-state index in [1.54, 1.807) is 42.5 Å². The van der Waals surface area contributed by atoms with Gasteiger partial charge in [-0.1, -0.05) is 41.9 Å². The Kier molecular flexibility index (Phi) is 6.41. The number of furan rings is 1. The van der Waals surface area contributed by atoms with E-state index < -0.39 is 5.97 Å². The number of benzene rings is 2. The van der Waals surface area contributed by atoms with Crippen LogP contribution in [0.2, 0.25) is 5.02 Å². The lowest BCUT2D eigenvalue weighted by atomic mass is 10.1. The topological polar surface area (TPSA) is 89.8 Å². The van der Waals surface area contributed by atoms with E-state index in [4.69, 9.17) is 26.5 Å². The molecule has 8 heteroatoms. The van der Waals surface area contributed by atoms with E-state index in [2.05, 4.69) is 22.7 Å². The zero-order valence-corrected chi connectivity index (χ0v) is 16.2. The van der Waals surface area contributed by atoms with Crippen LogP contribution in [-0.2, 0) is 11.3 Å². The van der Waals surface area contributed by atoms with Crippen LogP contribution >= 0.6 is 23.8 Å². The summed E-state index contributed by atoms with van der Waals surface area (Å²) in [5.41, 5.74) is 9.73. The summed E-state index contributed by atoms with van der Waals surface area (Å²) in [5, 5.41) is 4.46. The molecule has 2 aromatic carbocycles. The van der Waals surface area contributed by atoms with E-state index in [1.165, 1.54) is 6.21 Å². The van der Waals surface area contributed by atoms with Crippen molar-refractivity contribution in [1.29, 1.82) is 0 Å². The van der Waals surface area contributed by atoms with Crippen molar-refractivity contribution in [1.82, 2.24) is 5.43 Å². The number of halogens is 1. The molecule has 0 bridgehead atoms. The number of hydrazone groups is 1. The number of nitrogens with one attached hydrogen (secondary N) is 1. The Hall–Kier alpha value is -3.16. The van der Waals surface area contributed by atoms with Gasteiger partial charge in [-0.3, -0.25) is 5.43 Å². The zero-order chi connectivity index (χ0) is 19.9. The van der Waals surface area contributed by atoms with Gasteiger partial charge in [0.15, 0.2) is 5.11 Å². The van der Waals surface area contributed by atoms with Crippen molar-refractivity contribution in [2.24, 2.45) is 10.8 Å². The summed E-state index contributed by atoms with van der Waals surface area (Å²) in [6, 6.07) is 17.7. The van der Waals surface area contributed by atoms with Gasteiger partial charge >= 0.3 is 5.97 Å². The lowest BCUT2D eigenvalue weighted by Gasteiger charge is -2.07. The number of carbonyl (C=O) groups is 1. The van der Waals surface area contributed by atoms with E-state index in [-0.39, 0.29) is 11.7 Å². The minimum atomic E-state index is -0.428. The number of nitrogens with zero attached hydrogens (tertiary/aromatic N) is 1. The molecule has 1 aromatic heterocycles. The molecule has 0 radical (unpaired) electrons. The lowest BCUT2D eigenvalue weighted by molar-refractivity contribution is 0.0473. The quantitative estimate of drug-likeness (QED) is 0.273. The monoisotopic (exact) mass is 413 g/mol. The smallest absolute Gasteiger partial charge is 0.338 e. The third-order valence-electron chi connectivity index (χ3n) is 3.72. The van der Waals surface area contributed by atoms with E-state index in [1.807, 2.05) is 18.2 Å². The highest BCUT2D eigenvalue weighted by Gasteiger charge is 2.10. The van der Waals surface area contributed by atoms with Crippen molar-refractivity contribution in [2.75, 3.05) is 0 Å². The molecular formula is C20H16ClN3O3S. The van der Waals surface area contributed by atoms with Crippen molar-refractivity contribution < 1.29 is 13.9 Å². The first-order valence-corrected chi connectivity index (χ1v) is 9.01. The Morgan fingerprint density at radius 1 is 1.18 bits per heavy atom. The molecule has 0 atom stereocenters. The second kappa shape index (κ2) is 9.16. The van der Waals surface area contributed by atoms with Gasteiger partial charge in [0.2, 0.25) is 0 Å².